The van der Waals surface area contributed by atoms with E-state index < -0.39 is 0 Å². The Morgan fingerprint density at radius 1 is 0.971 bits per heavy atom. The number of hydrogen-bond acceptors (Lipinski definition) is 5. The third-order valence-electron chi connectivity index (χ3n) is 6.04. The van der Waals surface area contributed by atoms with Gasteiger partial charge in [0.1, 0.15) is 11.5 Å². The highest BCUT2D eigenvalue weighted by atomic mass is 16.5. The van der Waals surface area contributed by atoms with Crippen molar-refractivity contribution in [3.63, 3.8) is 0 Å². The fourth-order valence-electron chi connectivity index (χ4n) is 4.11. The predicted octanol–water partition coefficient (Wildman–Crippen LogP) is 5.46. The third kappa shape index (κ3) is 5.75. The van der Waals surface area contributed by atoms with Crippen LogP contribution >= 0.6 is 0 Å². The molecule has 4 rings (SSSR count). The Kier molecular flexibility index (Phi) is 7.79. The second kappa shape index (κ2) is 11.4. The van der Waals surface area contributed by atoms with Crippen LogP contribution in [-0.4, -0.2) is 32.2 Å². The summed E-state index contributed by atoms with van der Waals surface area (Å²) in [6.07, 6.45) is 4.72. The number of rotatable bonds is 8. The lowest BCUT2D eigenvalue weighted by Crippen LogP contribution is -2.35. The summed E-state index contributed by atoms with van der Waals surface area (Å²) in [5.41, 5.74) is 2.45. The van der Waals surface area contributed by atoms with Crippen LogP contribution in [-0.2, 0) is 0 Å². The van der Waals surface area contributed by atoms with Crippen LogP contribution < -0.4 is 19.7 Å². The van der Waals surface area contributed by atoms with Gasteiger partial charge in [-0.3, -0.25) is 9.69 Å². The molecule has 0 bridgehead atoms. The number of hydrogen-bond donors (Lipinski definition) is 1. The van der Waals surface area contributed by atoms with E-state index in [4.69, 9.17) is 14.7 Å². The van der Waals surface area contributed by atoms with Crippen molar-refractivity contribution in [3.8, 4) is 17.6 Å². The Balaban J connectivity index is 1.52. The van der Waals surface area contributed by atoms with Crippen molar-refractivity contribution in [1.29, 1.82) is 5.26 Å². The number of ether oxygens (including phenoxy) is 2. The SMILES string of the molecule is COc1ccc(N(C(=O)c2ccc(C#N)cc2)c2ccc(OCCC3CCCCN3)cc2)cc1. The molecule has 6 heteroatoms. The molecule has 1 aliphatic rings. The van der Waals surface area contributed by atoms with Crippen molar-refractivity contribution in [3.05, 3.63) is 83.9 Å². The molecule has 3 aromatic carbocycles. The van der Waals surface area contributed by atoms with E-state index in [1.165, 1.54) is 19.3 Å². The lowest BCUT2D eigenvalue weighted by molar-refractivity contribution is 0.0999. The molecule has 1 fully saturated rings. The summed E-state index contributed by atoms with van der Waals surface area (Å²) in [4.78, 5) is 15.2. The zero-order valence-electron chi connectivity index (χ0n) is 19.4. The number of nitrogens with one attached hydrogen (secondary N) is 1. The Morgan fingerprint density at radius 3 is 2.18 bits per heavy atom. The molecule has 1 saturated heterocycles. The van der Waals surface area contributed by atoms with Crippen LogP contribution in [0.5, 0.6) is 11.5 Å². The molecule has 0 saturated carbocycles. The molecule has 1 unspecified atom stereocenters. The predicted molar refractivity (Wildman–Crippen MR) is 133 cm³/mol. The quantitative estimate of drug-likeness (QED) is 0.488. The topological polar surface area (TPSA) is 74.6 Å². The third-order valence-corrected chi connectivity index (χ3v) is 6.04. The average molecular weight is 456 g/mol. The van der Waals surface area contributed by atoms with Crippen molar-refractivity contribution >= 4 is 17.3 Å². The number of benzene rings is 3. The van der Waals surface area contributed by atoms with Crippen LogP contribution in [0.15, 0.2) is 72.8 Å². The van der Waals surface area contributed by atoms with Crippen LogP contribution in [0.25, 0.3) is 0 Å². The molecule has 174 valence electrons. The first-order valence-corrected chi connectivity index (χ1v) is 11.6. The van der Waals surface area contributed by atoms with Gasteiger partial charge >= 0.3 is 0 Å². The molecular weight excluding hydrogens is 426 g/mol. The van der Waals surface area contributed by atoms with Crippen LogP contribution in [0.1, 0.15) is 41.6 Å². The van der Waals surface area contributed by atoms with Crippen molar-refractivity contribution in [2.75, 3.05) is 25.2 Å². The molecule has 0 radical (unpaired) electrons. The first kappa shape index (κ1) is 23.3. The largest absolute Gasteiger partial charge is 0.497 e. The standard InChI is InChI=1S/C28H29N3O3/c1-33-26-13-9-24(10-14-26)31(28(32)22-7-5-21(20-29)6-8-22)25-11-15-27(16-12-25)34-19-17-23-4-2-3-18-30-23/h5-16,23,30H,2-4,17-19H2,1H3. The highest BCUT2D eigenvalue weighted by Crippen LogP contribution is 2.30. The maximum atomic E-state index is 13.5. The fraction of sp³-hybridized carbons (Fsp3) is 0.286. The number of piperidine rings is 1. The summed E-state index contributed by atoms with van der Waals surface area (Å²) in [7, 11) is 1.61. The van der Waals surface area contributed by atoms with E-state index in [-0.39, 0.29) is 5.91 Å². The Hall–Kier alpha value is -3.82. The van der Waals surface area contributed by atoms with Gasteiger partial charge in [0.05, 0.1) is 25.3 Å². The number of nitriles is 1. The molecule has 1 amide bonds. The zero-order chi connectivity index (χ0) is 23.8. The molecule has 0 aromatic heterocycles. The second-order valence-electron chi connectivity index (χ2n) is 8.31. The second-order valence-corrected chi connectivity index (χ2v) is 8.31. The lowest BCUT2D eigenvalue weighted by Gasteiger charge is -2.24. The van der Waals surface area contributed by atoms with Gasteiger partial charge in [0, 0.05) is 23.0 Å². The van der Waals surface area contributed by atoms with Crippen LogP contribution in [0.3, 0.4) is 0 Å². The van der Waals surface area contributed by atoms with Gasteiger partial charge in [0.2, 0.25) is 0 Å². The number of anilines is 2. The first-order chi connectivity index (χ1) is 16.7. The molecule has 0 aliphatic carbocycles. The van der Waals surface area contributed by atoms with E-state index in [0.717, 1.165) is 24.4 Å². The minimum absolute atomic E-state index is 0.188. The first-order valence-electron chi connectivity index (χ1n) is 11.6. The van der Waals surface area contributed by atoms with E-state index >= 15 is 0 Å². The molecule has 3 aromatic rings. The molecule has 6 nitrogen and oxygen atoms in total. The summed E-state index contributed by atoms with van der Waals surface area (Å²) in [6, 6.07) is 24.2. The molecule has 1 N–H and O–H groups in total. The highest BCUT2D eigenvalue weighted by molar-refractivity contribution is 6.11. The molecular formula is C28H29N3O3. The van der Waals surface area contributed by atoms with Crippen molar-refractivity contribution in [1.82, 2.24) is 5.32 Å². The fourth-order valence-corrected chi connectivity index (χ4v) is 4.11. The van der Waals surface area contributed by atoms with Gasteiger partial charge in [0.25, 0.3) is 5.91 Å². The Bertz CT molecular complexity index is 1110. The highest BCUT2D eigenvalue weighted by Gasteiger charge is 2.20. The van der Waals surface area contributed by atoms with Gasteiger partial charge in [-0.05, 0) is 98.6 Å². The molecule has 34 heavy (non-hydrogen) atoms. The van der Waals surface area contributed by atoms with Gasteiger partial charge in [-0.1, -0.05) is 6.42 Å². The molecule has 0 spiro atoms. The van der Waals surface area contributed by atoms with E-state index in [1.807, 2.05) is 48.5 Å². The number of carbonyl (C=O) groups excluding carboxylic acids is 1. The minimum atomic E-state index is -0.188. The number of nitrogens with zero attached hydrogens (tertiary/aromatic N) is 2. The van der Waals surface area contributed by atoms with Gasteiger partial charge in [-0.25, -0.2) is 0 Å². The van der Waals surface area contributed by atoms with Gasteiger partial charge in [-0.15, -0.1) is 0 Å². The maximum Gasteiger partial charge on any atom is 0.262 e. The normalized spacial score (nSPS) is 15.2. The Labute approximate surface area is 200 Å². The van der Waals surface area contributed by atoms with Gasteiger partial charge in [0.15, 0.2) is 0 Å². The Morgan fingerprint density at radius 2 is 1.62 bits per heavy atom. The summed E-state index contributed by atoms with van der Waals surface area (Å²) in [5, 5.41) is 12.6. The van der Waals surface area contributed by atoms with Gasteiger partial charge in [-0.2, -0.15) is 5.26 Å². The van der Waals surface area contributed by atoms with E-state index in [0.29, 0.717) is 35.2 Å². The summed E-state index contributed by atoms with van der Waals surface area (Å²) in [5.74, 6) is 1.30. The van der Waals surface area contributed by atoms with Crippen molar-refractivity contribution in [2.24, 2.45) is 0 Å². The van der Waals surface area contributed by atoms with Crippen LogP contribution in [0, 0.1) is 11.3 Å². The summed E-state index contributed by atoms with van der Waals surface area (Å²) >= 11 is 0. The van der Waals surface area contributed by atoms with Crippen LogP contribution in [0.4, 0.5) is 11.4 Å². The number of amides is 1. The number of methoxy groups -OCH3 is 1. The minimum Gasteiger partial charge on any atom is -0.497 e. The number of carbonyl (C=O) groups is 1. The maximum absolute atomic E-state index is 13.5. The lowest BCUT2D eigenvalue weighted by atomic mass is 10.0. The van der Waals surface area contributed by atoms with E-state index in [9.17, 15) is 4.79 Å². The summed E-state index contributed by atoms with van der Waals surface area (Å²) in [6.45, 7) is 1.75. The zero-order valence-corrected chi connectivity index (χ0v) is 19.4. The molecule has 1 aliphatic heterocycles. The smallest absolute Gasteiger partial charge is 0.262 e. The average Bonchev–Trinajstić information content (AvgIpc) is 2.91. The summed E-state index contributed by atoms with van der Waals surface area (Å²) < 4.78 is 11.2. The van der Waals surface area contributed by atoms with Crippen molar-refractivity contribution in [2.45, 2.75) is 31.7 Å². The van der Waals surface area contributed by atoms with E-state index in [2.05, 4.69) is 11.4 Å². The monoisotopic (exact) mass is 455 g/mol. The van der Waals surface area contributed by atoms with Crippen molar-refractivity contribution < 1.29 is 14.3 Å². The molecule has 1 heterocycles. The van der Waals surface area contributed by atoms with Crippen LogP contribution in [0.2, 0.25) is 0 Å². The molecule has 1 atom stereocenters. The van der Waals surface area contributed by atoms with E-state index in [1.54, 1.807) is 36.3 Å². The van der Waals surface area contributed by atoms with Gasteiger partial charge < -0.3 is 14.8 Å².